The summed E-state index contributed by atoms with van der Waals surface area (Å²) in [6.07, 6.45) is 3.17. The molecule has 0 saturated heterocycles. The average molecular weight is 482 g/mol. The van der Waals surface area contributed by atoms with Gasteiger partial charge in [-0.05, 0) is 41.7 Å². The Morgan fingerprint density at radius 2 is 1.86 bits per heavy atom. The van der Waals surface area contributed by atoms with Gasteiger partial charge in [-0.3, -0.25) is 19.5 Å². The summed E-state index contributed by atoms with van der Waals surface area (Å²) in [5, 5.41) is 21.7. The number of benzene rings is 3. The molecule has 172 valence electrons. The Kier molecular flexibility index (Phi) is 4.96. The second kappa shape index (κ2) is 8.18. The topological polar surface area (TPSA) is 97.7 Å². The molecule has 7 nitrogen and oxygen atoms in total. The maximum atomic E-state index is 13.7. The Morgan fingerprint density at radius 1 is 1.06 bits per heavy atom. The molecule has 1 N–H and O–H groups in total. The normalized spacial score (nSPS) is 16.8. The van der Waals surface area contributed by atoms with Gasteiger partial charge in [-0.15, -0.1) is 0 Å². The molecule has 35 heavy (non-hydrogen) atoms. The number of aryl methyl sites for hydroxylation is 1. The maximum Gasteiger partial charge on any atom is 0.271 e. The lowest BCUT2D eigenvalue weighted by Gasteiger charge is -2.30. The molecule has 0 bridgehead atoms. The molecule has 2 heterocycles. The third kappa shape index (κ3) is 3.50. The van der Waals surface area contributed by atoms with E-state index in [0.717, 1.165) is 23.3 Å². The SMILES string of the molecule is O=c1c(=Cc2ccccc2O)sc2n1C(c1cccc([N+](=O)[O-])c1)C1=C(N=2)c2ccccc2CC1. The first-order valence-electron chi connectivity index (χ1n) is 11.2. The predicted molar refractivity (Wildman–Crippen MR) is 134 cm³/mol. The summed E-state index contributed by atoms with van der Waals surface area (Å²) in [6.45, 7) is 0. The number of aromatic nitrogens is 1. The van der Waals surface area contributed by atoms with Gasteiger partial charge >= 0.3 is 0 Å². The van der Waals surface area contributed by atoms with Crippen LogP contribution in [0.15, 0.2) is 88.2 Å². The number of phenolic OH excluding ortho intramolecular Hbond substituents is 1. The summed E-state index contributed by atoms with van der Waals surface area (Å²) in [5.74, 6) is 0.0850. The third-order valence-electron chi connectivity index (χ3n) is 6.49. The number of non-ortho nitro benzene ring substituents is 1. The van der Waals surface area contributed by atoms with Crippen molar-refractivity contribution < 1.29 is 10.0 Å². The smallest absolute Gasteiger partial charge is 0.271 e. The van der Waals surface area contributed by atoms with Gasteiger partial charge in [-0.2, -0.15) is 0 Å². The number of phenols is 1. The number of rotatable bonds is 3. The van der Waals surface area contributed by atoms with Crippen molar-refractivity contribution in [3.05, 3.63) is 130 Å². The standard InChI is InChI=1S/C27H19N3O4S/c31-22-11-4-2-7-17(22)15-23-26(32)29-25(18-8-5-9-19(14-18)30(33)34)21-13-12-16-6-1-3-10-20(16)24(21)28-27(29)35-23/h1-11,14-15,25,31H,12-13H2. The fourth-order valence-corrected chi connectivity index (χ4v) is 5.87. The zero-order valence-electron chi connectivity index (χ0n) is 18.4. The number of hydrogen-bond acceptors (Lipinski definition) is 6. The van der Waals surface area contributed by atoms with E-state index >= 15 is 0 Å². The van der Waals surface area contributed by atoms with Crippen LogP contribution in [0.3, 0.4) is 0 Å². The quantitative estimate of drug-likeness (QED) is 0.354. The number of fused-ring (bicyclic) bond motifs is 3. The lowest BCUT2D eigenvalue weighted by Crippen LogP contribution is -2.38. The Labute approximate surface area is 203 Å². The van der Waals surface area contributed by atoms with Crippen molar-refractivity contribution >= 4 is 28.8 Å². The molecule has 4 aromatic rings. The highest BCUT2D eigenvalue weighted by Crippen LogP contribution is 2.41. The van der Waals surface area contributed by atoms with Crippen LogP contribution < -0.4 is 14.9 Å². The van der Waals surface area contributed by atoms with E-state index in [2.05, 4.69) is 6.07 Å². The summed E-state index contributed by atoms with van der Waals surface area (Å²) in [4.78, 5) is 30.3. The van der Waals surface area contributed by atoms with E-state index in [1.54, 1.807) is 47.0 Å². The molecule has 0 amide bonds. The number of allylic oxidation sites excluding steroid dienone is 1. The Balaban J connectivity index is 1.65. The molecule has 1 aromatic heterocycles. The zero-order chi connectivity index (χ0) is 24.1. The molecule has 0 saturated carbocycles. The zero-order valence-corrected chi connectivity index (χ0v) is 19.2. The van der Waals surface area contributed by atoms with E-state index in [1.165, 1.54) is 23.0 Å². The summed E-state index contributed by atoms with van der Waals surface area (Å²) in [5.41, 5.74) is 5.00. The van der Waals surface area contributed by atoms with Crippen molar-refractivity contribution in [1.82, 2.24) is 4.57 Å². The van der Waals surface area contributed by atoms with E-state index in [1.807, 2.05) is 24.3 Å². The molecule has 8 heteroatoms. The fourth-order valence-electron chi connectivity index (χ4n) is 4.88. The number of hydrogen-bond donors (Lipinski definition) is 1. The minimum Gasteiger partial charge on any atom is -0.507 e. The van der Waals surface area contributed by atoms with Crippen molar-refractivity contribution in [2.24, 2.45) is 4.99 Å². The van der Waals surface area contributed by atoms with E-state index in [4.69, 9.17) is 4.99 Å². The Hall–Kier alpha value is -4.30. The summed E-state index contributed by atoms with van der Waals surface area (Å²) in [7, 11) is 0. The number of nitro benzene ring substituents is 1. The fraction of sp³-hybridized carbons (Fsp3) is 0.111. The maximum absolute atomic E-state index is 13.7. The Bertz CT molecular complexity index is 1730. The molecule has 2 aliphatic rings. The molecule has 0 radical (unpaired) electrons. The van der Waals surface area contributed by atoms with Gasteiger partial charge < -0.3 is 5.11 Å². The molecule has 6 rings (SSSR count). The van der Waals surface area contributed by atoms with Crippen LogP contribution >= 0.6 is 11.3 Å². The van der Waals surface area contributed by atoms with Gasteiger partial charge in [0.2, 0.25) is 0 Å². The van der Waals surface area contributed by atoms with Gasteiger partial charge in [0.05, 0.1) is 21.2 Å². The van der Waals surface area contributed by atoms with Crippen molar-refractivity contribution in [3.8, 4) is 5.75 Å². The van der Waals surface area contributed by atoms with Gasteiger partial charge in [0.25, 0.3) is 11.2 Å². The molecular weight excluding hydrogens is 462 g/mol. The van der Waals surface area contributed by atoms with Crippen molar-refractivity contribution in [3.63, 3.8) is 0 Å². The van der Waals surface area contributed by atoms with Crippen molar-refractivity contribution in [2.75, 3.05) is 0 Å². The van der Waals surface area contributed by atoms with E-state index in [0.29, 0.717) is 26.9 Å². The highest BCUT2D eigenvalue weighted by Gasteiger charge is 2.33. The number of thiazole rings is 1. The van der Waals surface area contributed by atoms with Gasteiger partial charge in [0.1, 0.15) is 5.75 Å². The van der Waals surface area contributed by atoms with Gasteiger partial charge in [-0.25, -0.2) is 4.99 Å². The first-order chi connectivity index (χ1) is 17.0. The highest BCUT2D eigenvalue weighted by molar-refractivity contribution is 7.07. The molecule has 0 spiro atoms. The lowest BCUT2D eigenvalue weighted by molar-refractivity contribution is -0.384. The first kappa shape index (κ1) is 21.2. The molecule has 1 aliphatic heterocycles. The summed E-state index contributed by atoms with van der Waals surface area (Å²) in [6, 6.07) is 20.9. The van der Waals surface area contributed by atoms with Crippen LogP contribution in [0.4, 0.5) is 5.69 Å². The minimum absolute atomic E-state index is 0.0193. The first-order valence-corrected chi connectivity index (χ1v) is 12.0. The second-order valence-corrected chi connectivity index (χ2v) is 9.53. The molecule has 1 unspecified atom stereocenters. The third-order valence-corrected chi connectivity index (χ3v) is 7.48. The molecule has 0 fully saturated rings. The van der Waals surface area contributed by atoms with Crippen LogP contribution in [0.1, 0.15) is 34.7 Å². The van der Waals surface area contributed by atoms with Crippen molar-refractivity contribution in [2.45, 2.75) is 18.9 Å². The number of aromatic hydroxyl groups is 1. The average Bonchev–Trinajstić information content (AvgIpc) is 3.18. The van der Waals surface area contributed by atoms with Crippen LogP contribution in [0.25, 0.3) is 11.8 Å². The lowest BCUT2D eigenvalue weighted by atomic mass is 9.83. The molecule has 3 aromatic carbocycles. The monoisotopic (exact) mass is 481 g/mol. The van der Waals surface area contributed by atoms with Crippen LogP contribution in [0.5, 0.6) is 5.75 Å². The van der Waals surface area contributed by atoms with E-state index < -0.39 is 11.0 Å². The van der Waals surface area contributed by atoms with Gasteiger partial charge in [0, 0.05) is 23.3 Å². The summed E-state index contributed by atoms with van der Waals surface area (Å²) < 4.78 is 2.08. The van der Waals surface area contributed by atoms with Crippen LogP contribution in [-0.4, -0.2) is 14.6 Å². The van der Waals surface area contributed by atoms with Crippen molar-refractivity contribution in [1.29, 1.82) is 0 Å². The molecule has 1 aliphatic carbocycles. The van der Waals surface area contributed by atoms with Gasteiger partial charge in [-0.1, -0.05) is 65.9 Å². The minimum atomic E-state index is -0.499. The van der Waals surface area contributed by atoms with Crippen LogP contribution in [-0.2, 0) is 6.42 Å². The van der Waals surface area contributed by atoms with E-state index in [-0.39, 0.29) is 17.0 Å². The predicted octanol–water partition coefficient (Wildman–Crippen LogP) is 3.93. The van der Waals surface area contributed by atoms with Gasteiger partial charge in [0.15, 0.2) is 4.80 Å². The molecular formula is C27H19N3O4S. The summed E-state index contributed by atoms with van der Waals surface area (Å²) >= 11 is 1.25. The highest BCUT2D eigenvalue weighted by atomic mass is 32.1. The van der Waals surface area contributed by atoms with Crippen LogP contribution in [0.2, 0.25) is 0 Å². The number of nitrogens with zero attached hydrogens (tertiary/aromatic N) is 3. The molecule has 1 atom stereocenters. The second-order valence-electron chi connectivity index (χ2n) is 8.52. The number of para-hydroxylation sites is 1. The number of nitro groups is 1. The Morgan fingerprint density at radius 3 is 2.69 bits per heavy atom. The van der Waals surface area contributed by atoms with Crippen LogP contribution in [0, 0.1) is 10.1 Å². The largest absolute Gasteiger partial charge is 0.507 e. The van der Waals surface area contributed by atoms with E-state index in [9.17, 15) is 20.0 Å².